The van der Waals surface area contributed by atoms with Crippen molar-refractivity contribution in [2.45, 2.75) is 25.0 Å². The summed E-state index contributed by atoms with van der Waals surface area (Å²) in [7, 11) is 5.95. The molecule has 5 nitrogen and oxygen atoms in total. The number of nitrogens with zero attached hydrogens (tertiary/aromatic N) is 4. The van der Waals surface area contributed by atoms with E-state index in [9.17, 15) is 5.11 Å². The zero-order valence-corrected chi connectivity index (χ0v) is 14.8. The van der Waals surface area contributed by atoms with Gasteiger partial charge in [-0.3, -0.25) is 9.58 Å². The van der Waals surface area contributed by atoms with Crippen LogP contribution in [0.3, 0.4) is 0 Å². The van der Waals surface area contributed by atoms with Gasteiger partial charge in [0.1, 0.15) is 0 Å². The van der Waals surface area contributed by atoms with Crippen molar-refractivity contribution in [1.29, 1.82) is 0 Å². The van der Waals surface area contributed by atoms with Crippen molar-refractivity contribution < 1.29 is 5.11 Å². The molecule has 126 valence electrons. The molecule has 1 atom stereocenters. The lowest BCUT2D eigenvalue weighted by Gasteiger charge is -2.40. The molecule has 0 bridgehead atoms. The summed E-state index contributed by atoms with van der Waals surface area (Å²) in [6.45, 7) is 3.07. The molecule has 0 radical (unpaired) electrons. The molecule has 2 heterocycles. The maximum Gasteiger partial charge on any atom is 0.0900 e. The fourth-order valence-electron chi connectivity index (χ4n) is 3.73. The van der Waals surface area contributed by atoms with Crippen LogP contribution in [0.1, 0.15) is 18.5 Å². The zero-order chi connectivity index (χ0) is 16.6. The van der Waals surface area contributed by atoms with Crippen molar-refractivity contribution in [3.8, 4) is 0 Å². The molecule has 0 aliphatic carbocycles. The molecule has 0 amide bonds. The van der Waals surface area contributed by atoms with E-state index in [1.165, 1.54) is 0 Å². The third-order valence-electron chi connectivity index (χ3n) is 4.52. The number of hydrogen-bond acceptors (Lipinski definition) is 4. The fourth-order valence-corrected chi connectivity index (χ4v) is 4.01. The first kappa shape index (κ1) is 16.7. The summed E-state index contributed by atoms with van der Waals surface area (Å²) in [5.74, 6) is 0. The molecule has 1 fully saturated rings. The van der Waals surface area contributed by atoms with Crippen LogP contribution >= 0.6 is 11.6 Å². The molecule has 1 aromatic carbocycles. The number of piperidine rings is 1. The average molecular weight is 337 g/mol. The highest BCUT2D eigenvalue weighted by atomic mass is 35.5. The fraction of sp³-hybridized carbons (Fsp3) is 0.588. The molecule has 1 aromatic heterocycles. The number of likely N-dealkylation sites (N-methyl/N-ethyl adjacent to an activating group) is 1. The van der Waals surface area contributed by atoms with Gasteiger partial charge in [-0.15, -0.1) is 0 Å². The van der Waals surface area contributed by atoms with Crippen molar-refractivity contribution in [3.63, 3.8) is 0 Å². The van der Waals surface area contributed by atoms with E-state index in [1.807, 2.05) is 44.0 Å². The molecule has 1 aliphatic rings. The number of aliphatic hydroxyl groups is 1. The third kappa shape index (κ3) is 3.53. The van der Waals surface area contributed by atoms with Gasteiger partial charge in [0.2, 0.25) is 0 Å². The molecule has 6 heteroatoms. The maximum absolute atomic E-state index is 10.8. The SMILES string of the molecule is CN(C)C[C@@]1(O)CCCN(Cc2nn(C)c3cccc(Cl)c23)C1. The van der Waals surface area contributed by atoms with Gasteiger partial charge in [-0.25, -0.2) is 0 Å². The van der Waals surface area contributed by atoms with E-state index < -0.39 is 5.60 Å². The van der Waals surface area contributed by atoms with Gasteiger partial charge in [0, 0.05) is 32.1 Å². The predicted octanol–water partition coefficient (Wildman–Crippen LogP) is 2.12. The Morgan fingerprint density at radius 2 is 2.17 bits per heavy atom. The van der Waals surface area contributed by atoms with E-state index in [-0.39, 0.29) is 0 Å². The van der Waals surface area contributed by atoms with Gasteiger partial charge in [-0.2, -0.15) is 5.10 Å². The van der Waals surface area contributed by atoms with Crippen LogP contribution in [0.25, 0.3) is 10.9 Å². The summed E-state index contributed by atoms with van der Waals surface area (Å²) >= 11 is 6.39. The first-order valence-corrected chi connectivity index (χ1v) is 8.45. The number of hydrogen-bond donors (Lipinski definition) is 1. The molecule has 2 aromatic rings. The van der Waals surface area contributed by atoms with Crippen LogP contribution in [0.15, 0.2) is 18.2 Å². The molecule has 1 aliphatic heterocycles. The van der Waals surface area contributed by atoms with Crippen molar-refractivity contribution in [3.05, 3.63) is 28.9 Å². The first-order valence-electron chi connectivity index (χ1n) is 8.07. The standard InChI is InChI=1S/C17H25ClN4O/c1-20(2)11-17(23)8-5-9-22(12-17)10-14-16-13(18)6-4-7-15(16)21(3)19-14/h4,6-7,23H,5,8-12H2,1-3H3/t17-/m0/s1. The van der Waals surface area contributed by atoms with E-state index in [1.54, 1.807) is 0 Å². The van der Waals surface area contributed by atoms with Crippen molar-refractivity contribution in [1.82, 2.24) is 19.6 Å². The lowest BCUT2D eigenvalue weighted by atomic mass is 9.92. The van der Waals surface area contributed by atoms with Gasteiger partial charge in [0.05, 0.1) is 21.8 Å². The van der Waals surface area contributed by atoms with Gasteiger partial charge in [-0.1, -0.05) is 17.7 Å². The molecular formula is C17H25ClN4O. The number of aryl methyl sites for hydroxylation is 1. The Morgan fingerprint density at radius 1 is 1.39 bits per heavy atom. The molecule has 0 saturated carbocycles. The molecule has 1 saturated heterocycles. The highest BCUT2D eigenvalue weighted by Crippen LogP contribution is 2.29. The number of β-amino-alcohol motifs (C(OH)–C–C–N with tert-alkyl or cyclic N) is 1. The van der Waals surface area contributed by atoms with E-state index in [0.29, 0.717) is 13.1 Å². The lowest BCUT2D eigenvalue weighted by Crippen LogP contribution is -2.52. The minimum Gasteiger partial charge on any atom is -0.387 e. The van der Waals surface area contributed by atoms with E-state index >= 15 is 0 Å². The summed E-state index contributed by atoms with van der Waals surface area (Å²) < 4.78 is 1.88. The van der Waals surface area contributed by atoms with Crippen LogP contribution in [0, 0.1) is 0 Å². The van der Waals surface area contributed by atoms with Crippen LogP contribution in [-0.2, 0) is 13.6 Å². The number of rotatable bonds is 4. The second kappa shape index (κ2) is 6.40. The minimum atomic E-state index is -0.643. The maximum atomic E-state index is 10.8. The second-order valence-electron chi connectivity index (χ2n) is 6.98. The topological polar surface area (TPSA) is 44.5 Å². The Kier molecular flexibility index (Phi) is 4.65. The summed E-state index contributed by atoms with van der Waals surface area (Å²) in [5.41, 5.74) is 1.39. The van der Waals surface area contributed by atoms with Crippen LogP contribution in [0.4, 0.5) is 0 Å². The summed E-state index contributed by atoms with van der Waals surface area (Å²) in [6, 6.07) is 5.90. The van der Waals surface area contributed by atoms with Crippen LogP contribution in [0.2, 0.25) is 5.02 Å². The van der Waals surface area contributed by atoms with Crippen molar-refractivity contribution in [2.24, 2.45) is 7.05 Å². The predicted molar refractivity (Wildman–Crippen MR) is 93.7 cm³/mol. The van der Waals surface area contributed by atoms with Gasteiger partial charge in [0.15, 0.2) is 0 Å². The Hall–Kier alpha value is -1.14. The Labute approximate surface area is 142 Å². The van der Waals surface area contributed by atoms with Gasteiger partial charge in [0.25, 0.3) is 0 Å². The van der Waals surface area contributed by atoms with Gasteiger partial charge < -0.3 is 10.0 Å². The smallest absolute Gasteiger partial charge is 0.0900 e. The Balaban J connectivity index is 1.82. The number of fused-ring (bicyclic) bond motifs is 1. The molecule has 0 unspecified atom stereocenters. The third-order valence-corrected chi connectivity index (χ3v) is 4.83. The number of aromatic nitrogens is 2. The molecule has 23 heavy (non-hydrogen) atoms. The highest BCUT2D eigenvalue weighted by molar-refractivity contribution is 6.35. The van der Waals surface area contributed by atoms with Gasteiger partial charge in [-0.05, 0) is 45.6 Å². The Morgan fingerprint density at radius 3 is 2.91 bits per heavy atom. The first-order chi connectivity index (χ1) is 10.9. The van der Waals surface area contributed by atoms with Crippen LogP contribution in [0.5, 0.6) is 0 Å². The minimum absolute atomic E-state index is 0.643. The van der Waals surface area contributed by atoms with Gasteiger partial charge >= 0.3 is 0 Å². The zero-order valence-electron chi connectivity index (χ0n) is 14.1. The number of likely N-dealkylation sites (tertiary alicyclic amines) is 1. The summed E-state index contributed by atoms with van der Waals surface area (Å²) in [4.78, 5) is 4.34. The number of halogens is 1. The van der Waals surface area contributed by atoms with E-state index in [4.69, 9.17) is 11.6 Å². The largest absolute Gasteiger partial charge is 0.387 e. The highest BCUT2D eigenvalue weighted by Gasteiger charge is 2.34. The molecule has 3 rings (SSSR count). The Bertz CT molecular complexity index is 699. The lowest BCUT2D eigenvalue weighted by molar-refractivity contribution is -0.0481. The van der Waals surface area contributed by atoms with Crippen molar-refractivity contribution >= 4 is 22.5 Å². The van der Waals surface area contributed by atoms with E-state index in [0.717, 1.165) is 47.6 Å². The normalized spacial score (nSPS) is 23.0. The summed E-state index contributed by atoms with van der Waals surface area (Å²) in [5, 5.41) is 17.2. The van der Waals surface area contributed by atoms with E-state index in [2.05, 4.69) is 14.9 Å². The summed E-state index contributed by atoms with van der Waals surface area (Å²) in [6.07, 6.45) is 1.86. The average Bonchev–Trinajstić information content (AvgIpc) is 2.75. The van der Waals surface area contributed by atoms with Crippen molar-refractivity contribution in [2.75, 3.05) is 33.7 Å². The molecular weight excluding hydrogens is 312 g/mol. The number of benzene rings is 1. The molecule has 0 spiro atoms. The molecule has 1 N–H and O–H groups in total. The van der Waals surface area contributed by atoms with Crippen LogP contribution < -0.4 is 0 Å². The second-order valence-corrected chi connectivity index (χ2v) is 7.39. The van der Waals surface area contributed by atoms with Crippen LogP contribution in [-0.4, -0.2) is 64.0 Å². The quantitative estimate of drug-likeness (QED) is 0.929. The monoisotopic (exact) mass is 336 g/mol.